The van der Waals surface area contributed by atoms with Gasteiger partial charge in [-0.2, -0.15) is 0 Å². The summed E-state index contributed by atoms with van der Waals surface area (Å²) in [7, 11) is 0. The van der Waals surface area contributed by atoms with Crippen molar-refractivity contribution in [3.05, 3.63) is 133 Å². The zero-order chi connectivity index (χ0) is 21.9. The summed E-state index contributed by atoms with van der Waals surface area (Å²) in [5.41, 5.74) is 8.22. The van der Waals surface area contributed by atoms with Gasteiger partial charge in [-0.05, 0) is 59.3 Å². The number of aryl methyl sites for hydroxylation is 1. The molecule has 0 aliphatic rings. The van der Waals surface area contributed by atoms with E-state index in [-0.39, 0.29) is 0 Å². The van der Waals surface area contributed by atoms with Crippen LogP contribution in [0.25, 0.3) is 28.0 Å². The third kappa shape index (κ3) is 3.81. The molecule has 0 fully saturated rings. The highest BCUT2D eigenvalue weighted by atomic mass is 15.1. The Hall–Kier alpha value is -4.10. The van der Waals surface area contributed by atoms with Crippen molar-refractivity contribution < 1.29 is 0 Å². The Morgan fingerprint density at radius 1 is 0.625 bits per heavy atom. The first-order valence-corrected chi connectivity index (χ1v) is 10.9. The second-order valence-electron chi connectivity index (χ2n) is 8.05. The molecule has 0 saturated carbocycles. The van der Waals surface area contributed by atoms with E-state index in [1.54, 1.807) is 0 Å². The van der Waals surface area contributed by atoms with Crippen LogP contribution in [-0.2, 0) is 0 Å². The molecule has 0 amide bonds. The first-order chi connectivity index (χ1) is 15.7. The molecule has 0 bridgehead atoms. The summed E-state index contributed by atoms with van der Waals surface area (Å²) < 4.78 is 0. The van der Waals surface area contributed by atoms with Gasteiger partial charge in [0.15, 0.2) is 0 Å². The summed E-state index contributed by atoms with van der Waals surface area (Å²) in [5.74, 6) is 0. The predicted octanol–water partition coefficient (Wildman–Crippen LogP) is 8.93. The Bertz CT molecular complexity index is 1390. The quantitative estimate of drug-likeness (QED) is 0.279. The van der Waals surface area contributed by atoms with Crippen molar-refractivity contribution in [2.45, 2.75) is 6.92 Å². The fourth-order valence-electron chi connectivity index (χ4n) is 4.24. The largest absolute Gasteiger partial charge is 0.310 e. The molecule has 154 valence electrons. The number of rotatable bonds is 5. The maximum atomic E-state index is 3.90. The molecule has 5 rings (SSSR count). The van der Waals surface area contributed by atoms with Gasteiger partial charge in [0, 0.05) is 16.8 Å². The minimum atomic E-state index is 1.11. The highest BCUT2D eigenvalue weighted by Crippen LogP contribution is 2.40. The summed E-state index contributed by atoms with van der Waals surface area (Å²) in [6.45, 7) is 6.04. The molecule has 0 unspecified atom stereocenters. The number of hydrogen-bond acceptors (Lipinski definition) is 1. The van der Waals surface area contributed by atoms with E-state index in [9.17, 15) is 0 Å². The number of fused-ring (bicyclic) bond motifs is 1. The second-order valence-corrected chi connectivity index (χ2v) is 8.05. The third-order valence-corrected chi connectivity index (χ3v) is 5.85. The van der Waals surface area contributed by atoms with E-state index in [4.69, 9.17) is 0 Å². The Labute approximate surface area is 189 Å². The normalized spacial score (nSPS) is 10.8. The van der Waals surface area contributed by atoms with Gasteiger partial charge in [-0.1, -0.05) is 103 Å². The van der Waals surface area contributed by atoms with Crippen LogP contribution >= 0.6 is 0 Å². The van der Waals surface area contributed by atoms with Crippen LogP contribution in [0.3, 0.4) is 0 Å². The third-order valence-electron chi connectivity index (χ3n) is 5.85. The molecule has 0 radical (unpaired) electrons. The number of benzene rings is 5. The van der Waals surface area contributed by atoms with Crippen LogP contribution in [0.4, 0.5) is 17.1 Å². The Balaban J connectivity index is 1.71. The van der Waals surface area contributed by atoms with E-state index in [0.29, 0.717) is 0 Å². The van der Waals surface area contributed by atoms with E-state index >= 15 is 0 Å². The molecule has 0 atom stereocenters. The molecule has 0 heterocycles. The number of hydrogen-bond donors (Lipinski definition) is 0. The second kappa shape index (κ2) is 8.56. The van der Waals surface area contributed by atoms with E-state index in [0.717, 1.165) is 22.6 Å². The zero-order valence-electron chi connectivity index (χ0n) is 18.2. The highest BCUT2D eigenvalue weighted by Gasteiger charge is 2.15. The molecule has 0 saturated heterocycles. The zero-order valence-corrected chi connectivity index (χ0v) is 18.2. The Morgan fingerprint density at radius 3 is 2.09 bits per heavy atom. The summed E-state index contributed by atoms with van der Waals surface area (Å²) in [4.78, 5) is 2.34. The van der Waals surface area contributed by atoms with Gasteiger partial charge in [0.1, 0.15) is 0 Å². The molecule has 1 heteroatoms. The van der Waals surface area contributed by atoms with Gasteiger partial charge in [-0.25, -0.2) is 0 Å². The van der Waals surface area contributed by atoms with Crippen LogP contribution in [0.2, 0.25) is 0 Å². The number of nitrogens with zero attached hydrogens (tertiary/aromatic N) is 1. The van der Waals surface area contributed by atoms with Crippen LogP contribution in [-0.4, -0.2) is 0 Å². The van der Waals surface area contributed by atoms with Gasteiger partial charge in [0.05, 0.1) is 5.69 Å². The fraction of sp³-hybridized carbons (Fsp3) is 0.0323. The van der Waals surface area contributed by atoms with Crippen LogP contribution in [0.1, 0.15) is 11.1 Å². The molecular formula is C31H25N. The Morgan fingerprint density at radius 2 is 1.31 bits per heavy atom. The monoisotopic (exact) mass is 411 g/mol. The lowest BCUT2D eigenvalue weighted by Gasteiger charge is -2.27. The fourth-order valence-corrected chi connectivity index (χ4v) is 4.24. The first kappa shape index (κ1) is 19.8. The molecule has 0 spiro atoms. The van der Waals surface area contributed by atoms with Crippen molar-refractivity contribution in [1.29, 1.82) is 0 Å². The van der Waals surface area contributed by atoms with Crippen LogP contribution in [0.5, 0.6) is 0 Å². The van der Waals surface area contributed by atoms with Gasteiger partial charge < -0.3 is 4.90 Å². The SMILES string of the molecule is C=Cc1ccc(N(c2cccc(-c3cccc(C)c3)c2)c2cccc3ccccc23)cc1. The molecule has 32 heavy (non-hydrogen) atoms. The van der Waals surface area contributed by atoms with Crippen molar-refractivity contribution in [3.63, 3.8) is 0 Å². The molecule has 1 nitrogen and oxygen atoms in total. The van der Waals surface area contributed by atoms with Crippen molar-refractivity contribution in [1.82, 2.24) is 0 Å². The lowest BCUT2D eigenvalue weighted by atomic mass is 10.0. The van der Waals surface area contributed by atoms with Crippen molar-refractivity contribution in [3.8, 4) is 11.1 Å². The van der Waals surface area contributed by atoms with Crippen LogP contribution in [0, 0.1) is 6.92 Å². The van der Waals surface area contributed by atoms with E-state index in [1.807, 2.05) is 6.08 Å². The van der Waals surface area contributed by atoms with Crippen LogP contribution < -0.4 is 4.90 Å². The van der Waals surface area contributed by atoms with E-state index < -0.39 is 0 Å². The molecule has 0 N–H and O–H groups in total. The summed E-state index contributed by atoms with van der Waals surface area (Å²) in [6, 6.07) is 41.1. The van der Waals surface area contributed by atoms with Gasteiger partial charge in [-0.15, -0.1) is 0 Å². The lowest BCUT2D eigenvalue weighted by molar-refractivity contribution is 1.30. The molecule has 0 aliphatic carbocycles. The summed E-state index contributed by atoms with van der Waals surface area (Å²) >= 11 is 0. The molecule has 0 aromatic heterocycles. The maximum absolute atomic E-state index is 3.90. The lowest BCUT2D eigenvalue weighted by Crippen LogP contribution is -2.10. The smallest absolute Gasteiger partial charge is 0.0540 e. The van der Waals surface area contributed by atoms with Crippen molar-refractivity contribution in [2.75, 3.05) is 4.90 Å². The highest BCUT2D eigenvalue weighted by molar-refractivity contribution is 5.99. The average molecular weight is 412 g/mol. The molecule has 5 aromatic carbocycles. The Kier molecular flexibility index (Phi) is 5.31. The standard InChI is InChI=1S/C31H25N/c1-3-24-17-19-28(20-18-24)32(31-16-8-11-25-10-4-5-15-30(25)31)29-14-7-13-27(22-29)26-12-6-9-23(2)21-26/h3-22H,1H2,2H3. The van der Waals surface area contributed by atoms with Crippen molar-refractivity contribution >= 4 is 33.9 Å². The molecule has 0 aliphatic heterocycles. The van der Waals surface area contributed by atoms with Gasteiger partial charge >= 0.3 is 0 Å². The van der Waals surface area contributed by atoms with E-state index in [2.05, 4.69) is 134 Å². The minimum Gasteiger partial charge on any atom is -0.310 e. The minimum absolute atomic E-state index is 1.11. The van der Waals surface area contributed by atoms with Gasteiger partial charge in [0.2, 0.25) is 0 Å². The first-order valence-electron chi connectivity index (χ1n) is 10.9. The van der Waals surface area contributed by atoms with Crippen molar-refractivity contribution in [2.24, 2.45) is 0 Å². The van der Waals surface area contributed by atoms with E-state index in [1.165, 1.54) is 27.5 Å². The topological polar surface area (TPSA) is 3.24 Å². The maximum Gasteiger partial charge on any atom is 0.0540 e. The number of anilines is 3. The predicted molar refractivity (Wildman–Crippen MR) is 139 cm³/mol. The molecular weight excluding hydrogens is 386 g/mol. The summed E-state index contributed by atoms with van der Waals surface area (Å²) in [5, 5.41) is 2.45. The summed E-state index contributed by atoms with van der Waals surface area (Å²) in [6.07, 6.45) is 1.88. The average Bonchev–Trinajstić information content (AvgIpc) is 2.85. The van der Waals surface area contributed by atoms with Gasteiger partial charge in [0.25, 0.3) is 0 Å². The van der Waals surface area contributed by atoms with Crippen LogP contribution in [0.15, 0.2) is 122 Å². The molecule has 5 aromatic rings. The van der Waals surface area contributed by atoms with Gasteiger partial charge in [-0.3, -0.25) is 0 Å².